The highest BCUT2D eigenvalue weighted by molar-refractivity contribution is 7.98. The molecule has 16 heavy (non-hydrogen) atoms. The lowest BCUT2D eigenvalue weighted by atomic mass is 10.0. The van der Waals surface area contributed by atoms with Gasteiger partial charge in [0.2, 0.25) is 0 Å². The van der Waals surface area contributed by atoms with Crippen molar-refractivity contribution in [2.45, 2.75) is 11.8 Å². The quantitative estimate of drug-likeness (QED) is 0.591. The molecular weight excluding hydrogens is 218 g/mol. The van der Waals surface area contributed by atoms with Crippen LogP contribution < -0.4 is 0 Å². The van der Waals surface area contributed by atoms with Crippen molar-refractivity contribution in [2.75, 3.05) is 20.4 Å². The maximum absolute atomic E-state index is 11.5. The van der Waals surface area contributed by atoms with E-state index in [1.807, 2.05) is 55.7 Å². The van der Waals surface area contributed by atoms with Crippen LogP contribution in [0.3, 0.4) is 0 Å². The Labute approximate surface area is 101 Å². The number of rotatable bonds is 4. The van der Waals surface area contributed by atoms with E-state index in [1.54, 1.807) is 18.7 Å². The summed E-state index contributed by atoms with van der Waals surface area (Å²) in [7, 11) is 3.83. The highest BCUT2D eigenvalue weighted by atomic mass is 32.2. The van der Waals surface area contributed by atoms with Gasteiger partial charge in [-0.15, -0.1) is 11.8 Å². The maximum Gasteiger partial charge on any atom is 0.161 e. The summed E-state index contributed by atoms with van der Waals surface area (Å²) in [6.07, 6.45) is 3.90. The summed E-state index contributed by atoms with van der Waals surface area (Å²) in [5.41, 5.74) is 1.72. The van der Waals surface area contributed by atoms with Crippen LogP contribution in [-0.4, -0.2) is 31.0 Å². The zero-order valence-electron chi connectivity index (χ0n) is 10.2. The first-order valence-corrected chi connectivity index (χ1v) is 6.30. The lowest BCUT2D eigenvalue weighted by Gasteiger charge is -2.10. The third kappa shape index (κ3) is 3.42. The molecule has 0 radical (unpaired) electrons. The van der Waals surface area contributed by atoms with Gasteiger partial charge in [-0.1, -0.05) is 12.1 Å². The molecule has 0 aliphatic heterocycles. The number of hydrogen-bond donors (Lipinski definition) is 0. The van der Waals surface area contributed by atoms with Gasteiger partial charge in [0.15, 0.2) is 5.78 Å². The van der Waals surface area contributed by atoms with Gasteiger partial charge in [-0.3, -0.25) is 4.79 Å². The monoisotopic (exact) mass is 235 g/mol. The molecule has 0 bridgehead atoms. The van der Waals surface area contributed by atoms with Crippen molar-refractivity contribution in [1.29, 1.82) is 0 Å². The summed E-state index contributed by atoms with van der Waals surface area (Å²) in [5, 5.41) is 0. The van der Waals surface area contributed by atoms with Gasteiger partial charge in [-0.25, -0.2) is 0 Å². The number of thioether (sulfide) groups is 1. The molecule has 0 spiro atoms. The second kappa shape index (κ2) is 5.75. The van der Waals surface area contributed by atoms with Gasteiger partial charge < -0.3 is 4.90 Å². The molecule has 0 aliphatic carbocycles. The molecular formula is C13H17NOS. The Morgan fingerprint density at radius 2 is 1.81 bits per heavy atom. The first-order chi connectivity index (χ1) is 7.54. The van der Waals surface area contributed by atoms with Gasteiger partial charge in [-0.2, -0.15) is 0 Å². The molecule has 1 aromatic rings. The molecule has 0 unspecified atom stereocenters. The van der Waals surface area contributed by atoms with Crippen LogP contribution in [0.1, 0.15) is 12.5 Å². The minimum atomic E-state index is 0.0885. The third-order valence-electron chi connectivity index (χ3n) is 2.17. The Morgan fingerprint density at radius 3 is 2.19 bits per heavy atom. The molecule has 0 aromatic heterocycles. The van der Waals surface area contributed by atoms with Crippen molar-refractivity contribution in [1.82, 2.24) is 4.90 Å². The van der Waals surface area contributed by atoms with E-state index in [0.29, 0.717) is 0 Å². The van der Waals surface area contributed by atoms with E-state index < -0.39 is 0 Å². The minimum absolute atomic E-state index is 0.0885. The molecule has 3 heteroatoms. The molecule has 0 fully saturated rings. The standard InChI is InChI=1S/C13H17NOS/c1-10(15)13(9-14(2)3)11-5-7-12(16-4)8-6-11/h5-9H,1-4H3/b13-9+. The highest BCUT2D eigenvalue weighted by Crippen LogP contribution is 2.20. The first-order valence-electron chi connectivity index (χ1n) is 5.08. The summed E-state index contributed by atoms with van der Waals surface area (Å²) in [6.45, 7) is 1.60. The van der Waals surface area contributed by atoms with E-state index >= 15 is 0 Å². The first kappa shape index (κ1) is 12.8. The van der Waals surface area contributed by atoms with E-state index in [9.17, 15) is 4.79 Å². The SMILES string of the molecule is CSc1ccc(/C(=C/N(C)C)C(C)=O)cc1. The fourth-order valence-electron chi connectivity index (χ4n) is 1.40. The number of carbonyl (C=O) groups is 1. The average Bonchev–Trinajstić information content (AvgIpc) is 2.25. The third-order valence-corrected chi connectivity index (χ3v) is 2.91. The lowest BCUT2D eigenvalue weighted by Crippen LogP contribution is -2.06. The summed E-state index contributed by atoms with van der Waals surface area (Å²) in [4.78, 5) is 14.6. The Bertz CT molecular complexity index is 393. The van der Waals surface area contributed by atoms with Gasteiger partial charge in [0, 0.05) is 30.8 Å². The molecule has 0 heterocycles. The zero-order chi connectivity index (χ0) is 12.1. The maximum atomic E-state index is 11.5. The average molecular weight is 235 g/mol. The van der Waals surface area contributed by atoms with Gasteiger partial charge in [0.1, 0.15) is 0 Å². The molecule has 0 saturated heterocycles. The van der Waals surface area contributed by atoms with Crippen molar-refractivity contribution < 1.29 is 4.79 Å². The number of allylic oxidation sites excluding steroid dienone is 1. The number of benzene rings is 1. The Morgan fingerprint density at radius 1 is 1.25 bits per heavy atom. The Hall–Kier alpha value is -1.22. The van der Waals surface area contributed by atoms with E-state index in [-0.39, 0.29) is 5.78 Å². The molecule has 86 valence electrons. The largest absolute Gasteiger partial charge is 0.383 e. The summed E-state index contributed by atoms with van der Waals surface area (Å²) in [6, 6.07) is 8.05. The molecule has 0 amide bonds. The van der Waals surface area contributed by atoms with Crippen molar-refractivity contribution in [3.05, 3.63) is 36.0 Å². The van der Waals surface area contributed by atoms with Crippen LogP contribution in [-0.2, 0) is 4.79 Å². The number of ketones is 1. The van der Waals surface area contributed by atoms with Gasteiger partial charge >= 0.3 is 0 Å². The predicted molar refractivity (Wildman–Crippen MR) is 70.6 cm³/mol. The number of Topliss-reactive ketones (excluding diaryl/α,β-unsaturated/α-hetero) is 1. The smallest absolute Gasteiger partial charge is 0.161 e. The molecule has 0 saturated carbocycles. The topological polar surface area (TPSA) is 20.3 Å². The second-order valence-corrected chi connectivity index (χ2v) is 4.67. The van der Waals surface area contributed by atoms with Crippen LogP contribution in [0.2, 0.25) is 0 Å². The normalized spacial score (nSPS) is 11.4. The van der Waals surface area contributed by atoms with Crippen LogP contribution in [0, 0.1) is 0 Å². The molecule has 0 aliphatic rings. The molecule has 2 nitrogen and oxygen atoms in total. The predicted octanol–water partition coefficient (Wildman–Crippen LogP) is 2.90. The van der Waals surface area contributed by atoms with E-state index in [2.05, 4.69) is 0 Å². The van der Waals surface area contributed by atoms with Gasteiger partial charge in [0.25, 0.3) is 0 Å². The van der Waals surface area contributed by atoms with Crippen molar-refractivity contribution >= 4 is 23.1 Å². The van der Waals surface area contributed by atoms with Crippen LogP contribution in [0.25, 0.3) is 5.57 Å². The van der Waals surface area contributed by atoms with Gasteiger partial charge in [-0.05, 0) is 30.9 Å². The van der Waals surface area contributed by atoms with Crippen molar-refractivity contribution in [3.8, 4) is 0 Å². The van der Waals surface area contributed by atoms with Gasteiger partial charge in [0.05, 0.1) is 0 Å². The fourth-order valence-corrected chi connectivity index (χ4v) is 1.81. The number of nitrogens with zero attached hydrogens (tertiary/aromatic N) is 1. The minimum Gasteiger partial charge on any atom is -0.383 e. The Balaban J connectivity index is 3.07. The van der Waals surface area contributed by atoms with Crippen molar-refractivity contribution in [3.63, 3.8) is 0 Å². The molecule has 0 atom stereocenters. The van der Waals surface area contributed by atoms with Crippen molar-refractivity contribution in [2.24, 2.45) is 0 Å². The molecule has 0 N–H and O–H groups in total. The molecule has 1 rings (SSSR count). The van der Waals surface area contributed by atoms with Crippen LogP contribution in [0.4, 0.5) is 0 Å². The van der Waals surface area contributed by atoms with Crippen LogP contribution in [0.15, 0.2) is 35.4 Å². The zero-order valence-corrected chi connectivity index (χ0v) is 11.0. The second-order valence-electron chi connectivity index (χ2n) is 3.79. The lowest BCUT2D eigenvalue weighted by molar-refractivity contribution is -0.111. The fraction of sp³-hybridized carbons (Fsp3) is 0.308. The summed E-state index contributed by atoms with van der Waals surface area (Å²) >= 11 is 1.70. The van der Waals surface area contributed by atoms with E-state index in [1.165, 1.54) is 4.90 Å². The Kier molecular flexibility index (Phi) is 4.62. The van der Waals surface area contributed by atoms with Crippen LogP contribution in [0.5, 0.6) is 0 Å². The summed E-state index contributed by atoms with van der Waals surface area (Å²) < 4.78 is 0. The summed E-state index contributed by atoms with van der Waals surface area (Å²) in [5.74, 6) is 0.0885. The van der Waals surface area contributed by atoms with E-state index in [4.69, 9.17) is 0 Å². The molecule has 1 aromatic carbocycles. The highest BCUT2D eigenvalue weighted by Gasteiger charge is 2.07. The number of hydrogen-bond acceptors (Lipinski definition) is 3. The van der Waals surface area contributed by atoms with E-state index in [0.717, 1.165) is 11.1 Å². The van der Waals surface area contributed by atoms with Crippen LogP contribution >= 0.6 is 11.8 Å². The number of carbonyl (C=O) groups excluding carboxylic acids is 1.